The lowest BCUT2D eigenvalue weighted by molar-refractivity contribution is 1.36. The summed E-state index contributed by atoms with van der Waals surface area (Å²) >= 11 is 0. The van der Waals surface area contributed by atoms with Gasteiger partial charge in [-0.3, -0.25) is 4.98 Å². The Hall–Kier alpha value is -3.06. The van der Waals surface area contributed by atoms with Crippen LogP contribution in [0.15, 0.2) is 48.8 Å². The van der Waals surface area contributed by atoms with Gasteiger partial charge in [0.1, 0.15) is 0 Å². The lowest BCUT2D eigenvalue weighted by atomic mass is 10.1. The van der Waals surface area contributed by atoms with Crippen molar-refractivity contribution in [2.75, 3.05) is 11.1 Å². The van der Waals surface area contributed by atoms with Gasteiger partial charge in [0, 0.05) is 28.9 Å². The first kappa shape index (κ1) is 12.9. The maximum absolute atomic E-state index is 9.01. The third kappa shape index (κ3) is 2.37. The number of aryl methyl sites for hydroxylation is 1. The van der Waals surface area contributed by atoms with E-state index in [-0.39, 0.29) is 0 Å². The Morgan fingerprint density at radius 2 is 2.00 bits per heavy atom. The van der Waals surface area contributed by atoms with Crippen molar-refractivity contribution < 1.29 is 0 Å². The predicted octanol–water partition coefficient (Wildman–Crippen LogP) is 3.74. The molecule has 3 N–H and O–H groups in total. The van der Waals surface area contributed by atoms with Crippen molar-refractivity contribution in [3.05, 3.63) is 59.9 Å². The first-order chi connectivity index (χ1) is 10.2. The van der Waals surface area contributed by atoms with E-state index in [9.17, 15) is 0 Å². The quantitative estimate of drug-likeness (QED) is 0.698. The van der Waals surface area contributed by atoms with Crippen molar-refractivity contribution in [3.8, 4) is 6.07 Å². The Morgan fingerprint density at radius 1 is 1.14 bits per heavy atom. The van der Waals surface area contributed by atoms with E-state index in [4.69, 9.17) is 11.0 Å². The summed E-state index contributed by atoms with van der Waals surface area (Å²) in [6.45, 7) is 1.99. The van der Waals surface area contributed by atoms with Gasteiger partial charge < -0.3 is 11.1 Å². The number of rotatable bonds is 2. The van der Waals surface area contributed by atoms with Crippen molar-refractivity contribution in [1.29, 1.82) is 5.26 Å². The van der Waals surface area contributed by atoms with E-state index < -0.39 is 0 Å². The summed E-state index contributed by atoms with van der Waals surface area (Å²) in [7, 11) is 0. The number of hydrogen-bond donors (Lipinski definition) is 2. The normalized spacial score (nSPS) is 10.3. The molecule has 0 atom stereocenters. The predicted molar refractivity (Wildman–Crippen MR) is 85.3 cm³/mol. The van der Waals surface area contributed by atoms with Gasteiger partial charge >= 0.3 is 0 Å². The number of fused-ring (bicyclic) bond motifs is 1. The number of nitrogens with zero attached hydrogens (tertiary/aromatic N) is 2. The minimum atomic E-state index is 0.617. The molecule has 1 heterocycles. The SMILES string of the molecule is Cc1ccc(C#N)cc1Nc1ccc2cnccc2c1N. The zero-order valence-electron chi connectivity index (χ0n) is 11.6. The first-order valence-electron chi connectivity index (χ1n) is 6.59. The third-order valence-electron chi connectivity index (χ3n) is 3.50. The van der Waals surface area contributed by atoms with Gasteiger partial charge in [0.2, 0.25) is 0 Å². The van der Waals surface area contributed by atoms with E-state index in [0.29, 0.717) is 11.3 Å². The molecule has 2 aromatic carbocycles. The minimum absolute atomic E-state index is 0.617. The summed E-state index contributed by atoms with van der Waals surface area (Å²) in [5.74, 6) is 0. The van der Waals surface area contributed by atoms with Crippen LogP contribution in [0.4, 0.5) is 17.1 Å². The maximum atomic E-state index is 9.01. The van der Waals surface area contributed by atoms with Crippen molar-refractivity contribution in [1.82, 2.24) is 4.98 Å². The van der Waals surface area contributed by atoms with Crippen molar-refractivity contribution in [2.24, 2.45) is 0 Å². The molecule has 0 bridgehead atoms. The van der Waals surface area contributed by atoms with Gasteiger partial charge in [-0.05, 0) is 36.8 Å². The number of pyridine rings is 1. The fourth-order valence-electron chi connectivity index (χ4n) is 2.27. The fraction of sp³-hybridized carbons (Fsp3) is 0.0588. The molecule has 21 heavy (non-hydrogen) atoms. The van der Waals surface area contributed by atoms with Crippen LogP contribution >= 0.6 is 0 Å². The number of hydrogen-bond acceptors (Lipinski definition) is 4. The average Bonchev–Trinajstić information content (AvgIpc) is 2.52. The Labute approximate surface area is 122 Å². The Bertz CT molecular complexity index is 862. The average molecular weight is 274 g/mol. The number of aromatic nitrogens is 1. The zero-order chi connectivity index (χ0) is 14.8. The van der Waals surface area contributed by atoms with E-state index in [2.05, 4.69) is 16.4 Å². The van der Waals surface area contributed by atoms with Crippen LogP contribution in [0.2, 0.25) is 0 Å². The molecule has 0 saturated heterocycles. The molecule has 102 valence electrons. The van der Waals surface area contributed by atoms with E-state index in [1.165, 1.54) is 0 Å². The highest BCUT2D eigenvalue weighted by molar-refractivity contribution is 5.99. The van der Waals surface area contributed by atoms with Crippen LogP contribution in [-0.2, 0) is 0 Å². The largest absolute Gasteiger partial charge is 0.397 e. The van der Waals surface area contributed by atoms with Crippen LogP contribution < -0.4 is 11.1 Å². The molecule has 4 nitrogen and oxygen atoms in total. The summed E-state index contributed by atoms with van der Waals surface area (Å²) < 4.78 is 0. The number of benzene rings is 2. The molecule has 0 unspecified atom stereocenters. The number of anilines is 3. The second-order valence-corrected chi connectivity index (χ2v) is 4.89. The van der Waals surface area contributed by atoms with E-state index in [0.717, 1.165) is 27.7 Å². The molecule has 3 rings (SSSR count). The van der Waals surface area contributed by atoms with E-state index in [1.807, 2.05) is 37.3 Å². The Kier molecular flexibility index (Phi) is 3.17. The lowest BCUT2D eigenvalue weighted by Gasteiger charge is -2.13. The van der Waals surface area contributed by atoms with Gasteiger partial charge in [-0.2, -0.15) is 5.26 Å². The fourth-order valence-corrected chi connectivity index (χ4v) is 2.27. The van der Waals surface area contributed by atoms with Crippen LogP contribution in [0, 0.1) is 18.3 Å². The van der Waals surface area contributed by atoms with Crippen LogP contribution in [-0.4, -0.2) is 4.98 Å². The smallest absolute Gasteiger partial charge is 0.0992 e. The number of nitrogen functional groups attached to an aromatic ring is 1. The topological polar surface area (TPSA) is 74.7 Å². The van der Waals surface area contributed by atoms with Crippen molar-refractivity contribution in [3.63, 3.8) is 0 Å². The molecule has 3 aromatic rings. The minimum Gasteiger partial charge on any atom is -0.397 e. The molecular weight excluding hydrogens is 260 g/mol. The zero-order valence-corrected chi connectivity index (χ0v) is 11.6. The molecule has 0 aliphatic rings. The second kappa shape index (κ2) is 5.14. The summed E-state index contributed by atoms with van der Waals surface area (Å²) in [6.07, 6.45) is 3.51. The Morgan fingerprint density at radius 3 is 2.81 bits per heavy atom. The van der Waals surface area contributed by atoms with Crippen LogP contribution in [0.3, 0.4) is 0 Å². The molecule has 0 radical (unpaired) electrons. The third-order valence-corrected chi connectivity index (χ3v) is 3.50. The number of nitrogens with one attached hydrogen (secondary N) is 1. The number of nitriles is 1. The molecule has 0 saturated carbocycles. The summed E-state index contributed by atoms with van der Waals surface area (Å²) in [5, 5.41) is 14.3. The van der Waals surface area contributed by atoms with E-state index in [1.54, 1.807) is 18.5 Å². The highest BCUT2D eigenvalue weighted by atomic mass is 14.9. The highest BCUT2D eigenvalue weighted by Gasteiger charge is 2.07. The van der Waals surface area contributed by atoms with Gasteiger partial charge in [0.15, 0.2) is 0 Å². The molecule has 0 aliphatic carbocycles. The van der Waals surface area contributed by atoms with Crippen LogP contribution in [0.25, 0.3) is 10.8 Å². The van der Waals surface area contributed by atoms with Gasteiger partial charge in [-0.25, -0.2) is 0 Å². The summed E-state index contributed by atoms with van der Waals surface area (Å²) in [4.78, 5) is 4.09. The molecule has 0 amide bonds. The standard InChI is InChI=1S/C17H14N4/c1-11-2-3-12(9-18)8-16(11)21-15-5-4-13-10-20-7-6-14(13)17(15)19/h2-8,10,21H,19H2,1H3. The Balaban J connectivity index is 2.06. The second-order valence-electron chi connectivity index (χ2n) is 4.89. The summed E-state index contributed by atoms with van der Waals surface area (Å²) in [6, 6.07) is 13.5. The highest BCUT2D eigenvalue weighted by Crippen LogP contribution is 2.31. The molecule has 1 aromatic heterocycles. The van der Waals surface area contributed by atoms with Gasteiger partial charge in [-0.15, -0.1) is 0 Å². The molecule has 0 spiro atoms. The van der Waals surface area contributed by atoms with Crippen molar-refractivity contribution in [2.45, 2.75) is 6.92 Å². The van der Waals surface area contributed by atoms with Gasteiger partial charge in [0.25, 0.3) is 0 Å². The number of nitrogens with two attached hydrogens (primary N) is 1. The van der Waals surface area contributed by atoms with Crippen LogP contribution in [0.1, 0.15) is 11.1 Å². The first-order valence-corrected chi connectivity index (χ1v) is 6.59. The van der Waals surface area contributed by atoms with Gasteiger partial charge in [0.05, 0.1) is 23.0 Å². The molecular formula is C17H14N4. The van der Waals surface area contributed by atoms with Gasteiger partial charge in [-0.1, -0.05) is 12.1 Å². The monoisotopic (exact) mass is 274 g/mol. The lowest BCUT2D eigenvalue weighted by Crippen LogP contribution is -1.99. The van der Waals surface area contributed by atoms with Crippen LogP contribution in [0.5, 0.6) is 0 Å². The van der Waals surface area contributed by atoms with E-state index >= 15 is 0 Å². The molecule has 0 fully saturated rings. The molecule has 4 heteroatoms. The summed E-state index contributed by atoms with van der Waals surface area (Å²) in [5.41, 5.74) is 10.3. The maximum Gasteiger partial charge on any atom is 0.0992 e. The van der Waals surface area contributed by atoms with Crippen molar-refractivity contribution >= 4 is 27.8 Å². The molecule has 0 aliphatic heterocycles.